The second kappa shape index (κ2) is 5.32. The van der Waals surface area contributed by atoms with E-state index in [2.05, 4.69) is 22.2 Å². The Morgan fingerprint density at radius 1 is 1.44 bits per heavy atom. The first-order chi connectivity index (χ1) is 6.99. The zero-order chi connectivity index (χ0) is 11.5. The Hall–Kier alpha value is -1.81. The summed E-state index contributed by atoms with van der Waals surface area (Å²) in [5, 5.41) is 10.3. The molecular formula is C8H4F3N3OS. The Labute approximate surface area is 93.4 Å². The third-order valence-corrected chi connectivity index (χ3v) is 1.55. The van der Waals surface area contributed by atoms with Crippen LogP contribution in [0.5, 0.6) is 0 Å². The molecule has 0 aromatic carbocycles. The summed E-state index contributed by atoms with van der Waals surface area (Å²) in [6.07, 6.45) is -3.61. The highest BCUT2D eigenvalue weighted by atomic mass is 32.1. The maximum Gasteiger partial charge on any atom is 0.419 e. The van der Waals surface area contributed by atoms with Crippen molar-refractivity contribution in [3.63, 3.8) is 0 Å². The number of nitrogens with zero attached hydrogens (tertiary/aromatic N) is 3. The van der Waals surface area contributed by atoms with Crippen molar-refractivity contribution >= 4 is 23.1 Å². The number of thiocarbonyl (C=S) groups is 1. The van der Waals surface area contributed by atoms with Gasteiger partial charge in [-0.15, -0.1) is 0 Å². The minimum atomic E-state index is -4.63. The monoisotopic (exact) mass is 247 g/mol. The van der Waals surface area contributed by atoms with E-state index >= 15 is 0 Å². The molecule has 0 amide bonds. The van der Waals surface area contributed by atoms with Crippen molar-refractivity contribution in [1.29, 1.82) is 5.26 Å². The lowest BCUT2D eigenvalue weighted by Gasteiger charge is -2.07. The van der Waals surface area contributed by atoms with E-state index in [1.54, 1.807) is 0 Å². The number of hydrogen-bond acceptors (Lipinski definition) is 4. The third-order valence-electron chi connectivity index (χ3n) is 1.46. The molecule has 0 saturated heterocycles. The summed E-state index contributed by atoms with van der Waals surface area (Å²) < 4.78 is 37.1. The molecule has 0 bridgehead atoms. The first-order valence-electron chi connectivity index (χ1n) is 3.54. The number of pyridine rings is 1. The van der Waals surface area contributed by atoms with Crippen molar-refractivity contribution in [2.45, 2.75) is 6.18 Å². The summed E-state index contributed by atoms with van der Waals surface area (Å²) in [6, 6.07) is 2.05. The zero-order valence-corrected chi connectivity index (χ0v) is 8.35. The highest BCUT2D eigenvalue weighted by Gasteiger charge is 2.34. The van der Waals surface area contributed by atoms with Crippen LogP contribution in [0.15, 0.2) is 17.3 Å². The summed E-state index contributed by atoms with van der Waals surface area (Å²) in [6.45, 7) is 0. The second-order valence-electron chi connectivity index (χ2n) is 2.40. The molecule has 0 fully saturated rings. The standard InChI is InChI=1S/C8H2F3N3S.H2O/c9-8(10,11)6-1-5(14-4-15)3-13-7(6)2-12;/h1,3H;1H2. The van der Waals surface area contributed by atoms with Gasteiger partial charge in [0.1, 0.15) is 6.07 Å². The molecular weight excluding hydrogens is 243 g/mol. The number of alkyl halides is 3. The van der Waals surface area contributed by atoms with E-state index < -0.39 is 17.4 Å². The zero-order valence-electron chi connectivity index (χ0n) is 7.54. The number of aliphatic imine (C=N–C) groups is 1. The molecule has 0 saturated carbocycles. The molecule has 0 aliphatic heterocycles. The summed E-state index contributed by atoms with van der Waals surface area (Å²) in [5.74, 6) is 0. The van der Waals surface area contributed by atoms with E-state index in [0.29, 0.717) is 6.07 Å². The first-order valence-corrected chi connectivity index (χ1v) is 3.95. The number of rotatable bonds is 1. The fourth-order valence-corrected chi connectivity index (χ4v) is 0.978. The minimum absolute atomic E-state index is 0. The molecule has 0 spiro atoms. The smallest absolute Gasteiger partial charge is 0.412 e. The summed E-state index contributed by atoms with van der Waals surface area (Å²) in [7, 11) is 0. The second-order valence-corrected chi connectivity index (χ2v) is 2.58. The number of aromatic nitrogens is 1. The predicted molar refractivity (Wildman–Crippen MR) is 52.3 cm³/mol. The molecule has 0 aliphatic carbocycles. The van der Waals surface area contributed by atoms with Crippen LogP contribution in [0.1, 0.15) is 11.3 Å². The van der Waals surface area contributed by atoms with E-state index in [1.807, 2.05) is 5.16 Å². The van der Waals surface area contributed by atoms with Gasteiger partial charge in [0.25, 0.3) is 0 Å². The summed E-state index contributed by atoms with van der Waals surface area (Å²) >= 11 is 4.24. The van der Waals surface area contributed by atoms with Gasteiger partial charge < -0.3 is 5.48 Å². The van der Waals surface area contributed by atoms with Crippen LogP contribution in [-0.4, -0.2) is 15.6 Å². The van der Waals surface area contributed by atoms with E-state index in [4.69, 9.17) is 5.26 Å². The molecule has 84 valence electrons. The van der Waals surface area contributed by atoms with Gasteiger partial charge in [0.2, 0.25) is 0 Å². The number of nitriles is 1. The van der Waals surface area contributed by atoms with Crippen molar-refractivity contribution in [2.24, 2.45) is 4.99 Å². The Kier molecular flexibility index (Phi) is 4.72. The Bertz CT molecular complexity index is 474. The lowest BCUT2D eigenvalue weighted by Crippen LogP contribution is -2.08. The summed E-state index contributed by atoms with van der Waals surface area (Å²) in [4.78, 5) is 6.67. The van der Waals surface area contributed by atoms with Crippen molar-refractivity contribution in [1.82, 2.24) is 4.98 Å². The average Bonchev–Trinajstić information content (AvgIpc) is 2.17. The maximum atomic E-state index is 12.4. The molecule has 0 atom stereocenters. The molecule has 0 unspecified atom stereocenters. The van der Waals surface area contributed by atoms with Crippen molar-refractivity contribution in [3.05, 3.63) is 23.5 Å². The van der Waals surface area contributed by atoms with Gasteiger partial charge in [-0.2, -0.15) is 23.4 Å². The molecule has 1 aromatic heterocycles. The van der Waals surface area contributed by atoms with Crippen LogP contribution in [-0.2, 0) is 6.18 Å². The number of halogens is 3. The molecule has 2 N–H and O–H groups in total. The molecule has 4 nitrogen and oxygen atoms in total. The SMILES string of the molecule is N#Cc1ncc(N=C=S)cc1C(F)(F)F.O. The van der Waals surface area contributed by atoms with Crippen LogP contribution in [0.4, 0.5) is 18.9 Å². The Morgan fingerprint density at radius 3 is 2.50 bits per heavy atom. The van der Waals surface area contributed by atoms with Crippen molar-refractivity contribution in [3.8, 4) is 6.07 Å². The molecule has 0 radical (unpaired) electrons. The van der Waals surface area contributed by atoms with Gasteiger partial charge in [-0.1, -0.05) is 0 Å². The molecule has 16 heavy (non-hydrogen) atoms. The molecule has 1 aromatic rings. The van der Waals surface area contributed by atoms with Gasteiger partial charge in [0.15, 0.2) is 5.69 Å². The lowest BCUT2D eigenvalue weighted by molar-refractivity contribution is -0.138. The van der Waals surface area contributed by atoms with Gasteiger partial charge >= 0.3 is 6.18 Å². The largest absolute Gasteiger partial charge is 0.419 e. The number of isothiocyanates is 1. The van der Waals surface area contributed by atoms with Crippen molar-refractivity contribution < 1.29 is 18.6 Å². The minimum Gasteiger partial charge on any atom is -0.412 e. The van der Waals surface area contributed by atoms with Crippen LogP contribution in [0.3, 0.4) is 0 Å². The Morgan fingerprint density at radius 2 is 2.06 bits per heavy atom. The average molecular weight is 247 g/mol. The fourth-order valence-electron chi connectivity index (χ4n) is 0.873. The van der Waals surface area contributed by atoms with Gasteiger partial charge in [-0.05, 0) is 18.3 Å². The van der Waals surface area contributed by atoms with Crippen LogP contribution in [0.25, 0.3) is 0 Å². The maximum absolute atomic E-state index is 12.4. The van der Waals surface area contributed by atoms with E-state index in [1.165, 1.54) is 6.07 Å². The van der Waals surface area contributed by atoms with Crippen LogP contribution >= 0.6 is 12.2 Å². The van der Waals surface area contributed by atoms with Crippen LogP contribution < -0.4 is 0 Å². The summed E-state index contributed by atoms with van der Waals surface area (Å²) in [5.41, 5.74) is -1.90. The quantitative estimate of drug-likeness (QED) is 0.561. The molecule has 0 aliphatic rings. The van der Waals surface area contributed by atoms with Crippen LogP contribution in [0, 0.1) is 11.3 Å². The normalized spacial score (nSPS) is 9.62. The predicted octanol–water partition coefficient (Wildman–Crippen LogP) is 1.88. The van der Waals surface area contributed by atoms with E-state index in [0.717, 1.165) is 6.20 Å². The van der Waals surface area contributed by atoms with Gasteiger partial charge in [-0.3, -0.25) is 0 Å². The Balaban J connectivity index is 0.00000225. The highest BCUT2D eigenvalue weighted by Crippen LogP contribution is 2.32. The molecule has 8 heteroatoms. The lowest BCUT2D eigenvalue weighted by atomic mass is 10.2. The van der Waals surface area contributed by atoms with Gasteiger partial charge in [-0.25, -0.2) is 4.98 Å². The van der Waals surface area contributed by atoms with E-state index in [-0.39, 0.29) is 11.2 Å². The van der Waals surface area contributed by atoms with Crippen molar-refractivity contribution in [2.75, 3.05) is 0 Å². The van der Waals surface area contributed by atoms with Gasteiger partial charge in [0.05, 0.1) is 22.6 Å². The third kappa shape index (κ3) is 3.10. The van der Waals surface area contributed by atoms with Gasteiger partial charge in [0, 0.05) is 0 Å². The topological polar surface area (TPSA) is 80.5 Å². The molecule has 1 rings (SSSR count). The van der Waals surface area contributed by atoms with E-state index in [9.17, 15) is 13.2 Å². The number of hydrogen-bond donors (Lipinski definition) is 0. The first kappa shape index (κ1) is 14.2. The van der Waals surface area contributed by atoms with Crippen LogP contribution in [0.2, 0.25) is 0 Å². The highest BCUT2D eigenvalue weighted by molar-refractivity contribution is 7.78. The fraction of sp³-hybridized carbons (Fsp3) is 0.125. The molecule has 1 heterocycles.